The van der Waals surface area contributed by atoms with Crippen molar-refractivity contribution in [3.63, 3.8) is 0 Å². The molecule has 19 heavy (non-hydrogen) atoms. The van der Waals surface area contributed by atoms with Gasteiger partial charge in [-0.25, -0.2) is 0 Å². The molecule has 0 saturated carbocycles. The Labute approximate surface area is 120 Å². The van der Waals surface area contributed by atoms with Crippen LogP contribution in [0.5, 0.6) is 5.75 Å². The smallest absolute Gasteiger partial charge is 0.135 e. The quantitative estimate of drug-likeness (QED) is 0.672. The van der Waals surface area contributed by atoms with Gasteiger partial charge >= 0.3 is 0 Å². The topological polar surface area (TPSA) is 22.4 Å². The van der Waals surface area contributed by atoms with Gasteiger partial charge in [0, 0.05) is 15.4 Å². The number of aryl methyl sites for hydroxylation is 1. The minimum absolute atomic E-state index is 0.499. The van der Waals surface area contributed by atoms with E-state index in [2.05, 4.69) is 28.9 Å². The van der Waals surface area contributed by atoms with Crippen LogP contribution in [-0.2, 0) is 6.61 Å². The van der Waals surface area contributed by atoms with Gasteiger partial charge in [0.05, 0.1) is 6.26 Å². The van der Waals surface area contributed by atoms with Gasteiger partial charge in [-0.3, -0.25) is 0 Å². The average molecular weight is 317 g/mol. The predicted molar refractivity (Wildman–Crippen MR) is 79.4 cm³/mol. The van der Waals surface area contributed by atoms with Gasteiger partial charge in [0.25, 0.3) is 0 Å². The third kappa shape index (κ3) is 2.51. The van der Waals surface area contributed by atoms with Crippen LogP contribution in [0.3, 0.4) is 0 Å². The molecule has 0 saturated heterocycles. The molecule has 0 aliphatic carbocycles. The minimum Gasteiger partial charge on any atom is -0.489 e. The van der Waals surface area contributed by atoms with Crippen LogP contribution >= 0.6 is 15.9 Å². The van der Waals surface area contributed by atoms with Gasteiger partial charge in [0.1, 0.15) is 17.9 Å². The SMILES string of the molecule is Cc1cccc(OCc2coc3cccc(Br)c23)c1. The van der Waals surface area contributed by atoms with Gasteiger partial charge in [-0.15, -0.1) is 0 Å². The van der Waals surface area contributed by atoms with E-state index in [4.69, 9.17) is 9.15 Å². The molecule has 1 aromatic heterocycles. The molecule has 96 valence electrons. The molecule has 0 aliphatic rings. The monoisotopic (exact) mass is 316 g/mol. The van der Waals surface area contributed by atoms with E-state index < -0.39 is 0 Å². The Morgan fingerprint density at radius 1 is 1.16 bits per heavy atom. The van der Waals surface area contributed by atoms with Crippen LogP contribution in [0.25, 0.3) is 11.0 Å². The molecule has 0 bridgehead atoms. The molecule has 3 aromatic rings. The molecule has 3 rings (SSSR count). The molecule has 2 aromatic carbocycles. The summed E-state index contributed by atoms with van der Waals surface area (Å²) < 4.78 is 12.4. The summed E-state index contributed by atoms with van der Waals surface area (Å²) in [4.78, 5) is 0. The molecular formula is C16H13BrO2. The summed E-state index contributed by atoms with van der Waals surface area (Å²) in [5, 5.41) is 1.08. The minimum atomic E-state index is 0.499. The standard InChI is InChI=1S/C16H13BrO2/c1-11-4-2-5-13(8-11)18-9-12-10-19-15-7-3-6-14(17)16(12)15/h2-8,10H,9H2,1H3. The second-order valence-electron chi connectivity index (χ2n) is 4.48. The first-order chi connectivity index (χ1) is 9.24. The summed E-state index contributed by atoms with van der Waals surface area (Å²) in [5.41, 5.74) is 3.11. The first kappa shape index (κ1) is 12.3. The fourth-order valence-corrected chi connectivity index (χ4v) is 2.68. The Bertz CT molecular complexity index is 716. The van der Waals surface area contributed by atoms with Crippen LogP contribution in [0.1, 0.15) is 11.1 Å². The molecule has 0 unspecified atom stereocenters. The van der Waals surface area contributed by atoms with Crippen LogP contribution in [0.2, 0.25) is 0 Å². The Morgan fingerprint density at radius 3 is 2.84 bits per heavy atom. The molecule has 0 amide bonds. The maximum atomic E-state index is 5.81. The normalized spacial score (nSPS) is 10.8. The highest BCUT2D eigenvalue weighted by atomic mass is 79.9. The molecule has 3 heteroatoms. The van der Waals surface area contributed by atoms with E-state index in [1.165, 1.54) is 5.56 Å². The van der Waals surface area contributed by atoms with Crippen molar-refractivity contribution in [3.05, 3.63) is 64.3 Å². The summed E-state index contributed by atoms with van der Waals surface area (Å²) in [7, 11) is 0. The zero-order valence-electron chi connectivity index (χ0n) is 10.5. The Morgan fingerprint density at radius 2 is 2.00 bits per heavy atom. The lowest BCUT2D eigenvalue weighted by Gasteiger charge is -2.06. The highest BCUT2D eigenvalue weighted by Crippen LogP contribution is 2.29. The fraction of sp³-hybridized carbons (Fsp3) is 0.125. The van der Waals surface area contributed by atoms with Crippen molar-refractivity contribution in [1.82, 2.24) is 0 Å². The van der Waals surface area contributed by atoms with Crippen LogP contribution in [0.4, 0.5) is 0 Å². The van der Waals surface area contributed by atoms with Crippen molar-refractivity contribution in [3.8, 4) is 5.75 Å². The van der Waals surface area contributed by atoms with Crippen LogP contribution in [0, 0.1) is 6.92 Å². The lowest BCUT2D eigenvalue weighted by molar-refractivity contribution is 0.306. The Kier molecular flexibility index (Phi) is 3.30. The van der Waals surface area contributed by atoms with E-state index in [-0.39, 0.29) is 0 Å². The summed E-state index contributed by atoms with van der Waals surface area (Å²) in [6, 6.07) is 14.0. The molecule has 0 fully saturated rings. The summed E-state index contributed by atoms with van der Waals surface area (Å²) >= 11 is 3.55. The van der Waals surface area contributed by atoms with E-state index in [1.807, 2.05) is 36.4 Å². The van der Waals surface area contributed by atoms with E-state index in [0.29, 0.717) is 6.61 Å². The fourth-order valence-electron chi connectivity index (χ4n) is 2.08. The molecule has 0 spiro atoms. The molecule has 0 N–H and O–H groups in total. The molecular weight excluding hydrogens is 304 g/mol. The zero-order valence-corrected chi connectivity index (χ0v) is 12.1. The largest absolute Gasteiger partial charge is 0.489 e. The third-order valence-electron chi connectivity index (χ3n) is 3.01. The summed E-state index contributed by atoms with van der Waals surface area (Å²) in [5.74, 6) is 0.876. The molecule has 0 aliphatic heterocycles. The highest BCUT2D eigenvalue weighted by molar-refractivity contribution is 9.10. The van der Waals surface area contributed by atoms with Gasteiger partial charge in [-0.05, 0) is 36.8 Å². The number of benzene rings is 2. The van der Waals surface area contributed by atoms with Gasteiger partial charge < -0.3 is 9.15 Å². The second-order valence-corrected chi connectivity index (χ2v) is 5.33. The summed E-state index contributed by atoms with van der Waals surface area (Å²) in [6.45, 7) is 2.55. The maximum Gasteiger partial charge on any atom is 0.135 e. The van der Waals surface area contributed by atoms with Crippen molar-refractivity contribution < 1.29 is 9.15 Å². The van der Waals surface area contributed by atoms with Crippen molar-refractivity contribution in [2.45, 2.75) is 13.5 Å². The van der Waals surface area contributed by atoms with E-state index in [9.17, 15) is 0 Å². The first-order valence-corrected chi connectivity index (χ1v) is 6.87. The molecule has 0 atom stereocenters. The van der Waals surface area contributed by atoms with Crippen molar-refractivity contribution in [2.24, 2.45) is 0 Å². The van der Waals surface area contributed by atoms with Gasteiger partial charge in [-0.2, -0.15) is 0 Å². The van der Waals surface area contributed by atoms with Gasteiger partial charge in [0.2, 0.25) is 0 Å². The predicted octanol–water partition coefficient (Wildman–Crippen LogP) is 5.08. The number of halogens is 1. The Balaban J connectivity index is 1.86. The van der Waals surface area contributed by atoms with E-state index >= 15 is 0 Å². The molecule has 2 nitrogen and oxygen atoms in total. The van der Waals surface area contributed by atoms with Crippen LogP contribution in [0.15, 0.2) is 57.6 Å². The van der Waals surface area contributed by atoms with Gasteiger partial charge in [0.15, 0.2) is 0 Å². The van der Waals surface area contributed by atoms with Crippen LogP contribution < -0.4 is 4.74 Å². The average Bonchev–Trinajstić information content (AvgIpc) is 2.81. The Hall–Kier alpha value is -1.74. The second kappa shape index (κ2) is 5.10. The summed E-state index contributed by atoms with van der Waals surface area (Å²) in [6.07, 6.45) is 1.76. The van der Waals surface area contributed by atoms with Crippen LogP contribution in [-0.4, -0.2) is 0 Å². The zero-order chi connectivity index (χ0) is 13.2. The number of rotatable bonds is 3. The number of hydrogen-bond acceptors (Lipinski definition) is 2. The van der Waals surface area contributed by atoms with Crippen molar-refractivity contribution >= 4 is 26.9 Å². The third-order valence-corrected chi connectivity index (χ3v) is 3.67. The lowest BCUT2D eigenvalue weighted by atomic mass is 10.2. The number of furan rings is 1. The van der Waals surface area contributed by atoms with Crippen molar-refractivity contribution in [2.75, 3.05) is 0 Å². The number of ether oxygens (including phenoxy) is 1. The first-order valence-electron chi connectivity index (χ1n) is 6.08. The lowest BCUT2D eigenvalue weighted by Crippen LogP contribution is -1.94. The van der Waals surface area contributed by atoms with E-state index in [1.54, 1.807) is 6.26 Å². The highest BCUT2D eigenvalue weighted by Gasteiger charge is 2.09. The van der Waals surface area contributed by atoms with Crippen molar-refractivity contribution in [1.29, 1.82) is 0 Å². The number of fused-ring (bicyclic) bond motifs is 1. The van der Waals surface area contributed by atoms with Gasteiger partial charge in [-0.1, -0.05) is 34.1 Å². The van der Waals surface area contributed by atoms with E-state index in [0.717, 1.165) is 26.8 Å². The molecule has 1 heterocycles. The number of hydrogen-bond donors (Lipinski definition) is 0. The maximum absolute atomic E-state index is 5.81. The molecule has 0 radical (unpaired) electrons.